The van der Waals surface area contributed by atoms with Gasteiger partial charge in [0.15, 0.2) is 0 Å². The first-order valence-electron chi connectivity index (χ1n) is 7.02. The largest absolute Gasteiger partial charge is 0.480 e. The van der Waals surface area contributed by atoms with Crippen LogP contribution < -0.4 is 4.72 Å². The number of benzene rings is 2. The molecule has 3 N–H and O–H groups in total. The Morgan fingerprint density at radius 1 is 1.08 bits per heavy atom. The smallest absolute Gasteiger partial charge is 0.337 e. The van der Waals surface area contributed by atoms with Gasteiger partial charge >= 0.3 is 11.9 Å². The second-order valence-electron chi connectivity index (χ2n) is 5.15. The van der Waals surface area contributed by atoms with Gasteiger partial charge in [0.25, 0.3) is 0 Å². The van der Waals surface area contributed by atoms with E-state index in [9.17, 15) is 23.1 Å². The molecule has 0 saturated carbocycles. The van der Waals surface area contributed by atoms with E-state index in [0.29, 0.717) is 5.56 Å². The molecule has 2 aromatic carbocycles. The van der Waals surface area contributed by atoms with E-state index in [-0.39, 0.29) is 21.9 Å². The van der Waals surface area contributed by atoms with Crippen LogP contribution in [0.2, 0.25) is 5.02 Å². The van der Waals surface area contributed by atoms with Gasteiger partial charge in [-0.05, 0) is 30.2 Å². The SMILES string of the molecule is O=C(O)c1cc(S(=O)(=O)N[C@H](Cc2ccccc2)C(=O)O)ccc1Cl. The molecule has 0 aliphatic rings. The first-order chi connectivity index (χ1) is 11.7. The Morgan fingerprint density at radius 2 is 1.72 bits per heavy atom. The predicted octanol–water partition coefficient (Wildman–Crippen LogP) is 2.01. The molecule has 132 valence electrons. The molecule has 1 atom stereocenters. The van der Waals surface area contributed by atoms with Crippen LogP contribution >= 0.6 is 11.6 Å². The lowest BCUT2D eigenvalue weighted by Gasteiger charge is -2.15. The van der Waals surface area contributed by atoms with E-state index in [2.05, 4.69) is 4.72 Å². The minimum Gasteiger partial charge on any atom is -0.480 e. The summed E-state index contributed by atoms with van der Waals surface area (Å²) < 4.78 is 26.9. The number of carboxylic acid groups (broad SMARTS) is 2. The summed E-state index contributed by atoms with van der Waals surface area (Å²) >= 11 is 5.71. The normalized spacial score (nSPS) is 12.5. The summed E-state index contributed by atoms with van der Waals surface area (Å²) in [6, 6.07) is 10.2. The van der Waals surface area contributed by atoms with Crippen molar-refractivity contribution in [1.82, 2.24) is 4.72 Å². The molecule has 0 radical (unpaired) electrons. The van der Waals surface area contributed by atoms with Gasteiger partial charge in [-0.2, -0.15) is 4.72 Å². The van der Waals surface area contributed by atoms with Crippen molar-refractivity contribution in [3.8, 4) is 0 Å². The lowest BCUT2D eigenvalue weighted by molar-refractivity contribution is -0.138. The molecule has 0 heterocycles. The molecule has 25 heavy (non-hydrogen) atoms. The highest BCUT2D eigenvalue weighted by molar-refractivity contribution is 7.89. The molecule has 0 aliphatic carbocycles. The van der Waals surface area contributed by atoms with Crippen molar-refractivity contribution in [2.45, 2.75) is 17.4 Å². The average Bonchev–Trinajstić information content (AvgIpc) is 2.54. The lowest BCUT2D eigenvalue weighted by atomic mass is 10.1. The number of carbonyl (C=O) groups is 2. The van der Waals surface area contributed by atoms with Gasteiger partial charge in [-0.1, -0.05) is 41.9 Å². The molecule has 0 amide bonds. The molecule has 0 aliphatic heterocycles. The number of aliphatic carboxylic acids is 1. The maximum absolute atomic E-state index is 12.4. The molecule has 0 aromatic heterocycles. The summed E-state index contributed by atoms with van der Waals surface area (Å²) in [5, 5.41) is 18.2. The number of hydrogen-bond acceptors (Lipinski definition) is 4. The molecule has 2 rings (SSSR count). The van der Waals surface area contributed by atoms with Crippen molar-refractivity contribution in [2.75, 3.05) is 0 Å². The second kappa shape index (κ2) is 7.64. The van der Waals surface area contributed by atoms with E-state index >= 15 is 0 Å². The van der Waals surface area contributed by atoms with Crippen molar-refractivity contribution in [1.29, 1.82) is 0 Å². The van der Waals surface area contributed by atoms with Gasteiger partial charge in [0, 0.05) is 0 Å². The summed E-state index contributed by atoms with van der Waals surface area (Å²) in [5.74, 6) is -2.74. The van der Waals surface area contributed by atoms with Crippen molar-refractivity contribution >= 4 is 33.6 Å². The van der Waals surface area contributed by atoms with Gasteiger partial charge in [0.2, 0.25) is 10.0 Å². The van der Waals surface area contributed by atoms with Crippen molar-refractivity contribution in [3.05, 3.63) is 64.7 Å². The van der Waals surface area contributed by atoms with E-state index in [1.165, 1.54) is 0 Å². The Kier molecular flexibility index (Phi) is 5.78. The fourth-order valence-corrected chi connectivity index (χ4v) is 3.53. The van der Waals surface area contributed by atoms with E-state index < -0.39 is 28.0 Å². The third-order valence-corrected chi connectivity index (χ3v) is 5.16. The van der Waals surface area contributed by atoms with Crippen LogP contribution in [0.1, 0.15) is 15.9 Å². The number of rotatable bonds is 7. The lowest BCUT2D eigenvalue weighted by Crippen LogP contribution is -2.42. The summed E-state index contributed by atoms with van der Waals surface area (Å²) in [6.07, 6.45) is -0.0607. The van der Waals surface area contributed by atoms with E-state index in [0.717, 1.165) is 18.2 Å². The van der Waals surface area contributed by atoms with E-state index in [1.54, 1.807) is 30.3 Å². The third kappa shape index (κ3) is 4.79. The van der Waals surface area contributed by atoms with Gasteiger partial charge in [-0.3, -0.25) is 4.79 Å². The first-order valence-corrected chi connectivity index (χ1v) is 8.89. The number of carboxylic acids is 2. The quantitative estimate of drug-likeness (QED) is 0.672. The number of nitrogens with one attached hydrogen (secondary N) is 1. The molecule has 0 saturated heterocycles. The van der Waals surface area contributed by atoms with Gasteiger partial charge in [-0.25, -0.2) is 13.2 Å². The Hall–Kier alpha value is -2.42. The van der Waals surface area contributed by atoms with Crippen LogP contribution in [0, 0.1) is 0 Å². The third-order valence-electron chi connectivity index (χ3n) is 3.36. The van der Waals surface area contributed by atoms with Crippen molar-refractivity contribution < 1.29 is 28.2 Å². The van der Waals surface area contributed by atoms with Crippen LogP contribution in [0.15, 0.2) is 53.4 Å². The van der Waals surface area contributed by atoms with Crippen LogP contribution in [0.5, 0.6) is 0 Å². The minimum absolute atomic E-state index is 0.0607. The number of aromatic carboxylic acids is 1. The zero-order valence-corrected chi connectivity index (χ0v) is 14.3. The number of sulfonamides is 1. The molecule has 9 heteroatoms. The molecule has 0 bridgehead atoms. The summed E-state index contributed by atoms with van der Waals surface area (Å²) in [5.41, 5.74) is 0.249. The maximum atomic E-state index is 12.4. The van der Waals surface area contributed by atoms with Crippen molar-refractivity contribution in [2.24, 2.45) is 0 Å². The van der Waals surface area contributed by atoms with Gasteiger partial charge in [0.1, 0.15) is 6.04 Å². The van der Waals surface area contributed by atoms with Gasteiger partial charge in [-0.15, -0.1) is 0 Å². The van der Waals surface area contributed by atoms with E-state index in [4.69, 9.17) is 16.7 Å². The first kappa shape index (κ1) is 18.9. The molecular weight excluding hydrogens is 370 g/mol. The Morgan fingerprint density at radius 3 is 2.28 bits per heavy atom. The van der Waals surface area contributed by atoms with Crippen molar-refractivity contribution in [3.63, 3.8) is 0 Å². The average molecular weight is 384 g/mol. The van der Waals surface area contributed by atoms with Gasteiger partial charge < -0.3 is 10.2 Å². The monoisotopic (exact) mass is 383 g/mol. The molecule has 2 aromatic rings. The zero-order valence-electron chi connectivity index (χ0n) is 12.7. The fourth-order valence-electron chi connectivity index (χ4n) is 2.12. The highest BCUT2D eigenvalue weighted by atomic mass is 35.5. The van der Waals surface area contributed by atoms with Crippen LogP contribution in [0.25, 0.3) is 0 Å². The number of halogens is 1. The highest BCUT2D eigenvalue weighted by Gasteiger charge is 2.26. The Balaban J connectivity index is 2.30. The number of hydrogen-bond donors (Lipinski definition) is 3. The molecular formula is C16H14ClNO6S. The minimum atomic E-state index is -4.25. The van der Waals surface area contributed by atoms with Gasteiger partial charge in [0.05, 0.1) is 15.5 Å². The van der Waals surface area contributed by atoms with Crippen LogP contribution in [-0.2, 0) is 21.2 Å². The van der Waals surface area contributed by atoms with E-state index in [1.807, 2.05) is 0 Å². The summed E-state index contributed by atoms with van der Waals surface area (Å²) in [7, 11) is -4.25. The molecule has 0 unspecified atom stereocenters. The Labute approximate surface area is 148 Å². The molecule has 7 nitrogen and oxygen atoms in total. The Bertz CT molecular complexity index is 898. The van der Waals surface area contributed by atoms with Crippen LogP contribution in [0.3, 0.4) is 0 Å². The fraction of sp³-hybridized carbons (Fsp3) is 0.125. The molecule has 0 spiro atoms. The van der Waals surface area contributed by atoms with Crippen LogP contribution in [0.4, 0.5) is 0 Å². The zero-order chi connectivity index (χ0) is 18.6. The topological polar surface area (TPSA) is 121 Å². The highest BCUT2D eigenvalue weighted by Crippen LogP contribution is 2.21. The maximum Gasteiger partial charge on any atom is 0.337 e. The molecule has 0 fully saturated rings. The summed E-state index contributed by atoms with van der Waals surface area (Å²) in [6.45, 7) is 0. The standard InChI is InChI=1S/C16H14ClNO6S/c17-13-7-6-11(9-12(13)15(19)20)25(23,24)18-14(16(21)22)8-10-4-2-1-3-5-10/h1-7,9,14,18H,8H2,(H,19,20)(H,21,22)/t14-/m1/s1. The predicted molar refractivity (Wildman–Crippen MR) is 90.3 cm³/mol. The van der Waals surface area contributed by atoms with Crippen LogP contribution in [-0.4, -0.2) is 36.6 Å². The second-order valence-corrected chi connectivity index (χ2v) is 7.27. The summed E-state index contributed by atoms with van der Waals surface area (Å²) in [4.78, 5) is 22.1.